The molecule has 1 aliphatic rings. The number of aryl methyl sites for hydroxylation is 1. The molecule has 0 spiro atoms. The summed E-state index contributed by atoms with van der Waals surface area (Å²) in [7, 11) is 0. The molecule has 1 heterocycles. The van der Waals surface area contributed by atoms with Gasteiger partial charge in [0.25, 0.3) is 0 Å². The molecule has 0 saturated heterocycles. The molecular weight excluding hydrogens is 230 g/mol. The maximum absolute atomic E-state index is 8.58. The summed E-state index contributed by atoms with van der Waals surface area (Å²) in [6, 6.07) is 0. The van der Waals surface area contributed by atoms with Crippen LogP contribution in [0.3, 0.4) is 0 Å². The summed E-state index contributed by atoms with van der Waals surface area (Å²) in [6.07, 6.45) is 6.87. The van der Waals surface area contributed by atoms with Crippen LogP contribution < -0.4 is 11.1 Å². The van der Waals surface area contributed by atoms with E-state index in [-0.39, 0.29) is 5.41 Å². The third kappa shape index (κ3) is 3.46. The average molecular weight is 251 g/mol. The lowest BCUT2D eigenvalue weighted by molar-refractivity contribution is 0.314. The van der Waals surface area contributed by atoms with Crippen LogP contribution in [0.25, 0.3) is 0 Å². The van der Waals surface area contributed by atoms with Crippen molar-refractivity contribution in [1.29, 1.82) is 0 Å². The van der Waals surface area contributed by atoms with Crippen molar-refractivity contribution in [3.63, 3.8) is 0 Å². The van der Waals surface area contributed by atoms with Gasteiger partial charge in [0.1, 0.15) is 5.84 Å². The quantitative estimate of drug-likeness (QED) is 0.219. The van der Waals surface area contributed by atoms with Crippen LogP contribution in [0.4, 0.5) is 0 Å². The molecule has 1 aliphatic carbocycles. The van der Waals surface area contributed by atoms with Gasteiger partial charge in [0.2, 0.25) is 0 Å². The Labute approximate surface area is 107 Å². The van der Waals surface area contributed by atoms with E-state index in [1.54, 1.807) is 0 Å². The minimum atomic E-state index is 0.219. The highest BCUT2D eigenvalue weighted by molar-refractivity contribution is 5.80. The van der Waals surface area contributed by atoms with Crippen LogP contribution in [0.5, 0.6) is 0 Å². The molecule has 0 aliphatic heterocycles. The number of hydrogen-bond donors (Lipinski definition) is 3. The van der Waals surface area contributed by atoms with Crippen LogP contribution >= 0.6 is 0 Å². The fraction of sp³-hybridized carbons (Fsp3) is 0.667. The highest BCUT2D eigenvalue weighted by Gasteiger charge is 2.42. The van der Waals surface area contributed by atoms with E-state index in [9.17, 15) is 0 Å². The molecule has 1 fully saturated rings. The fourth-order valence-corrected chi connectivity index (χ4v) is 2.15. The van der Waals surface area contributed by atoms with Gasteiger partial charge < -0.3 is 16.3 Å². The molecular formula is C12H21N5O. The normalized spacial score (nSPS) is 17.9. The topological polar surface area (TPSA) is 88.5 Å². The van der Waals surface area contributed by atoms with Crippen molar-refractivity contribution in [2.24, 2.45) is 16.3 Å². The molecule has 0 atom stereocenters. The second kappa shape index (κ2) is 5.39. The Bertz CT molecular complexity index is 422. The van der Waals surface area contributed by atoms with Crippen LogP contribution in [0, 0.1) is 12.3 Å². The summed E-state index contributed by atoms with van der Waals surface area (Å²) in [5, 5.41) is 19.3. The van der Waals surface area contributed by atoms with E-state index in [4.69, 9.17) is 10.9 Å². The van der Waals surface area contributed by atoms with Gasteiger partial charge in [-0.05, 0) is 30.7 Å². The summed E-state index contributed by atoms with van der Waals surface area (Å²) < 4.78 is 1.94. The summed E-state index contributed by atoms with van der Waals surface area (Å²) in [6.45, 7) is 4.71. The van der Waals surface area contributed by atoms with Crippen molar-refractivity contribution in [2.75, 3.05) is 13.1 Å². The standard InChI is InChI=1S/C12H21N5O/c1-10-7-15-17(8-10)5-4-14-9-12(2-3-12)6-11(13)16-18/h7-8,14,18H,2-6,9H2,1H3,(H2,13,16). The largest absolute Gasteiger partial charge is 0.409 e. The smallest absolute Gasteiger partial charge is 0.139 e. The number of nitrogens with zero attached hydrogens (tertiary/aromatic N) is 3. The first-order valence-corrected chi connectivity index (χ1v) is 6.30. The lowest BCUT2D eigenvalue weighted by atomic mass is 10.0. The number of aromatic nitrogens is 2. The van der Waals surface area contributed by atoms with Crippen molar-refractivity contribution >= 4 is 5.84 Å². The van der Waals surface area contributed by atoms with E-state index in [1.165, 1.54) is 5.56 Å². The summed E-state index contributed by atoms with van der Waals surface area (Å²) in [4.78, 5) is 0. The number of rotatable bonds is 7. The van der Waals surface area contributed by atoms with E-state index >= 15 is 0 Å². The molecule has 0 radical (unpaired) electrons. The molecule has 0 amide bonds. The van der Waals surface area contributed by atoms with Crippen molar-refractivity contribution in [3.05, 3.63) is 18.0 Å². The molecule has 2 rings (SSSR count). The molecule has 6 nitrogen and oxygen atoms in total. The first-order valence-electron chi connectivity index (χ1n) is 6.30. The van der Waals surface area contributed by atoms with Gasteiger partial charge >= 0.3 is 0 Å². The molecule has 6 heteroatoms. The maximum Gasteiger partial charge on any atom is 0.139 e. The Morgan fingerprint density at radius 2 is 2.44 bits per heavy atom. The molecule has 0 bridgehead atoms. The van der Waals surface area contributed by atoms with Gasteiger partial charge in [-0.3, -0.25) is 4.68 Å². The van der Waals surface area contributed by atoms with Crippen LogP contribution in [-0.4, -0.2) is 33.9 Å². The minimum Gasteiger partial charge on any atom is -0.409 e. The van der Waals surface area contributed by atoms with E-state index in [1.807, 2.05) is 24.0 Å². The van der Waals surface area contributed by atoms with Gasteiger partial charge in [-0.2, -0.15) is 5.10 Å². The summed E-state index contributed by atoms with van der Waals surface area (Å²) in [5.74, 6) is 0.331. The van der Waals surface area contributed by atoms with Gasteiger partial charge in [-0.15, -0.1) is 0 Å². The summed E-state index contributed by atoms with van der Waals surface area (Å²) in [5.41, 5.74) is 6.95. The molecule has 1 aromatic rings. The summed E-state index contributed by atoms with van der Waals surface area (Å²) >= 11 is 0. The van der Waals surface area contributed by atoms with Crippen molar-refractivity contribution in [3.8, 4) is 0 Å². The van der Waals surface area contributed by atoms with E-state index in [2.05, 4.69) is 15.6 Å². The third-order valence-electron chi connectivity index (χ3n) is 3.42. The Morgan fingerprint density at radius 1 is 1.67 bits per heavy atom. The molecule has 1 aromatic heterocycles. The van der Waals surface area contributed by atoms with Gasteiger partial charge in [-0.25, -0.2) is 0 Å². The van der Waals surface area contributed by atoms with Crippen LogP contribution in [0.2, 0.25) is 0 Å². The van der Waals surface area contributed by atoms with E-state index in [0.717, 1.165) is 32.5 Å². The first-order chi connectivity index (χ1) is 8.63. The zero-order valence-corrected chi connectivity index (χ0v) is 10.8. The van der Waals surface area contributed by atoms with Crippen molar-refractivity contribution in [1.82, 2.24) is 15.1 Å². The average Bonchev–Trinajstić information content (AvgIpc) is 2.98. The zero-order valence-electron chi connectivity index (χ0n) is 10.8. The van der Waals surface area contributed by atoms with E-state index in [0.29, 0.717) is 12.3 Å². The lowest BCUT2D eigenvalue weighted by Crippen LogP contribution is -2.30. The second-order valence-electron chi connectivity index (χ2n) is 5.23. The Hall–Kier alpha value is -1.56. The Kier molecular flexibility index (Phi) is 3.86. The van der Waals surface area contributed by atoms with E-state index < -0.39 is 0 Å². The van der Waals surface area contributed by atoms with Gasteiger partial charge in [0.15, 0.2) is 0 Å². The van der Waals surface area contributed by atoms with Crippen LogP contribution in [-0.2, 0) is 6.54 Å². The van der Waals surface area contributed by atoms with Crippen LogP contribution in [0.15, 0.2) is 17.5 Å². The lowest BCUT2D eigenvalue weighted by Gasteiger charge is -2.15. The predicted octanol–water partition coefficient (Wildman–Crippen LogP) is 0.698. The maximum atomic E-state index is 8.58. The zero-order chi connectivity index (χ0) is 13.0. The number of oxime groups is 1. The SMILES string of the molecule is Cc1cnn(CCNCC2(CC(N)=NO)CC2)c1. The minimum absolute atomic E-state index is 0.219. The second-order valence-corrected chi connectivity index (χ2v) is 5.23. The molecule has 0 aromatic carbocycles. The number of nitrogens with one attached hydrogen (secondary N) is 1. The molecule has 18 heavy (non-hydrogen) atoms. The third-order valence-corrected chi connectivity index (χ3v) is 3.42. The molecule has 0 unspecified atom stereocenters. The number of nitrogens with two attached hydrogens (primary N) is 1. The van der Waals surface area contributed by atoms with Gasteiger partial charge in [-0.1, -0.05) is 5.16 Å². The van der Waals surface area contributed by atoms with Crippen LogP contribution in [0.1, 0.15) is 24.8 Å². The predicted molar refractivity (Wildman–Crippen MR) is 69.5 cm³/mol. The first kappa shape index (κ1) is 12.9. The molecule has 4 N–H and O–H groups in total. The highest BCUT2D eigenvalue weighted by atomic mass is 16.4. The Morgan fingerprint density at radius 3 is 3.00 bits per heavy atom. The highest BCUT2D eigenvalue weighted by Crippen LogP contribution is 2.48. The monoisotopic (exact) mass is 251 g/mol. The van der Waals surface area contributed by atoms with Crippen molar-refractivity contribution in [2.45, 2.75) is 32.7 Å². The number of hydrogen-bond acceptors (Lipinski definition) is 4. The fourth-order valence-electron chi connectivity index (χ4n) is 2.15. The Balaban J connectivity index is 1.66. The molecule has 100 valence electrons. The van der Waals surface area contributed by atoms with Crippen molar-refractivity contribution < 1.29 is 5.21 Å². The van der Waals surface area contributed by atoms with Gasteiger partial charge in [0, 0.05) is 25.7 Å². The number of amidine groups is 1. The molecule has 1 saturated carbocycles. The van der Waals surface area contributed by atoms with Gasteiger partial charge in [0.05, 0.1) is 12.7 Å².